The molecule has 4 rings (SSSR count). The van der Waals surface area contributed by atoms with Crippen LogP contribution in [-0.4, -0.2) is 42.9 Å². The molecule has 3 aromatic carbocycles. The van der Waals surface area contributed by atoms with Crippen LogP contribution < -0.4 is 10.2 Å². The Morgan fingerprint density at radius 1 is 0.871 bits per heavy atom. The van der Waals surface area contributed by atoms with Gasteiger partial charge >= 0.3 is 0 Å². The Hall–Kier alpha value is -2.83. The number of rotatable bonds is 4. The summed E-state index contributed by atoms with van der Waals surface area (Å²) in [5, 5.41) is 3.40. The Kier molecular flexibility index (Phi) is 6.59. The lowest BCUT2D eigenvalue weighted by Gasteiger charge is -2.36. The molecular formula is C24H21BrClN3O2. The lowest BCUT2D eigenvalue weighted by Crippen LogP contribution is -2.48. The fourth-order valence-electron chi connectivity index (χ4n) is 3.56. The Morgan fingerprint density at radius 2 is 1.58 bits per heavy atom. The minimum atomic E-state index is -0.152. The highest BCUT2D eigenvalue weighted by atomic mass is 79.9. The molecule has 2 amide bonds. The molecule has 0 aliphatic carbocycles. The molecule has 1 aliphatic heterocycles. The van der Waals surface area contributed by atoms with Crippen molar-refractivity contribution in [3.05, 3.63) is 93.4 Å². The van der Waals surface area contributed by atoms with E-state index in [1.54, 1.807) is 24.3 Å². The smallest absolute Gasteiger partial charge is 0.255 e. The first-order valence-electron chi connectivity index (χ1n) is 9.97. The number of anilines is 2. The fraction of sp³-hybridized carbons (Fsp3) is 0.167. The van der Waals surface area contributed by atoms with Gasteiger partial charge in [0.05, 0.1) is 10.6 Å². The molecule has 3 aromatic rings. The second-order valence-electron chi connectivity index (χ2n) is 7.27. The van der Waals surface area contributed by atoms with E-state index in [4.69, 9.17) is 11.6 Å². The molecule has 0 aromatic heterocycles. The molecule has 0 spiro atoms. The number of halogens is 2. The second-order valence-corrected chi connectivity index (χ2v) is 8.59. The van der Waals surface area contributed by atoms with Crippen LogP contribution in [0.1, 0.15) is 20.7 Å². The molecule has 1 N–H and O–H groups in total. The van der Waals surface area contributed by atoms with Crippen molar-refractivity contribution < 1.29 is 9.59 Å². The van der Waals surface area contributed by atoms with E-state index in [-0.39, 0.29) is 11.8 Å². The molecular weight excluding hydrogens is 478 g/mol. The number of benzene rings is 3. The maximum Gasteiger partial charge on any atom is 0.255 e. The first kappa shape index (κ1) is 21.4. The summed E-state index contributed by atoms with van der Waals surface area (Å²) in [6.45, 7) is 2.73. The van der Waals surface area contributed by atoms with Gasteiger partial charge in [-0.1, -0.05) is 45.7 Å². The van der Waals surface area contributed by atoms with Gasteiger partial charge in [-0.2, -0.15) is 0 Å². The number of carbonyl (C=O) groups is 2. The number of hydrogen-bond donors (Lipinski definition) is 1. The minimum Gasteiger partial charge on any atom is -0.368 e. The maximum absolute atomic E-state index is 12.7. The number of amides is 2. The normalized spacial score (nSPS) is 13.7. The van der Waals surface area contributed by atoms with E-state index in [1.165, 1.54) is 0 Å². The van der Waals surface area contributed by atoms with Crippen molar-refractivity contribution >= 4 is 50.7 Å². The minimum absolute atomic E-state index is 0.0316. The van der Waals surface area contributed by atoms with Crippen LogP contribution in [-0.2, 0) is 0 Å². The Bertz CT molecular complexity index is 1100. The summed E-state index contributed by atoms with van der Waals surface area (Å²) in [4.78, 5) is 29.2. The van der Waals surface area contributed by atoms with Crippen LogP contribution in [0.2, 0.25) is 5.02 Å². The van der Waals surface area contributed by atoms with Crippen LogP contribution in [0, 0.1) is 0 Å². The highest BCUT2D eigenvalue weighted by Crippen LogP contribution is 2.22. The molecule has 0 radical (unpaired) electrons. The van der Waals surface area contributed by atoms with Crippen LogP contribution >= 0.6 is 27.5 Å². The van der Waals surface area contributed by atoms with Crippen molar-refractivity contribution in [2.75, 3.05) is 36.4 Å². The highest BCUT2D eigenvalue weighted by Gasteiger charge is 2.23. The zero-order chi connectivity index (χ0) is 21.8. The molecule has 0 saturated carbocycles. The first-order chi connectivity index (χ1) is 15.0. The van der Waals surface area contributed by atoms with Crippen molar-refractivity contribution in [2.24, 2.45) is 0 Å². The van der Waals surface area contributed by atoms with Crippen LogP contribution in [0.4, 0.5) is 11.4 Å². The van der Waals surface area contributed by atoms with Gasteiger partial charge in [-0.25, -0.2) is 0 Å². The topological polar surface area (TPSA) is 52.7 Å². The van der Waals surface area contributed by atoms with Crippen molar-refractivity contribution in [2.45, 2.75) is 0 Å². The first-order valence-corrected chi connectivity index (χ1v) is 11.1. The molecule has 1 fully saturated rings. The summed E-state index contributed by atoms with van der Waals surface area (Å²) in [6, 6.07) is 22.2. The van der Waals surface area contributed by atoms with Crippen molar-refractivity contribution in [1.29, 1.82) is 0 Å². The number of nitrogens with one attached hydrogen (secondary N) is 1. The highest BCUT2D eigenvalue weighted by molar-refractivity contribution is 9.10. The molecule has 158 valence electrons. The van der Waals surface area contributed by atoms with Crippen molar-refractivity contribution in [3.63, 3.8) is 0 Å². The predicted octanol–water partition coefficient (Wildman–Crippen LogP) is 5.32. The largest absolute Gasteiger partial charge is 0.368 e. The van der Waals surface area contributed by atoms with E-state index in [9.17, 15) is 9.59 Å². The summed E-state index contributed by atoms with van der Waals surface area (Å²) in [7, 11) is 0. The molecule has 0 bridgehead atoms. The van der Waals surface area contributed by atoms with E-state index in [2.05, 4.69) is 26.1 Å². The average Bonchev–Trinajstić information content (AvgIpc) is 2.79. The second kappa shape index (κ2) is 9.54. The quantitative estimate of drug-likeness (QED) is 0.530. The van der Waals surface area contributed by atoms with Crippen molar-refractivity contribution in [1.82, 2.24) is 4.90 Å². The molecule has 0 unspecified atom stereocenters. The third kappa shape index (κ3) is 5.09. The molecule has 1 aliphatic rings. The van der Waals surface area contributed by atoms with Gasteiger partial charge in [0.1, 0.15) is 0 Å². The summed E-state index contributed by atoms with van der Waals surface area (Å²) in [6.07, 6.45) is 0. The van der Waals surface area contributed by atoms with E-state index in [1.807, 2.05) is 53.4 Å². The SMILES string of the molecule is O=C(Nc1ccc(N2CCN(C(=O)c3ccccc3Cl)CC2)cc1)c1cccc(Br)c1. The lowest BCUT2D eigenvalue weighted by atomic mass is 10.1. The maximum atomic E-state index is 12.7. The van der Waals surface area contributed by atoms with Crippen LogP contribution in [0.25, 0.3) is 0 Å². The van der Waals surface area contributed by atoms with Crippen LogP contribution in [0.3, 0.4) is 0 Å². The van der Waals surface area contributed by atoms with Crippen LogP contribution in [0.5, 0.6) is 0 Å². The zero-order valence-electron chi connectivity index (χ0n) is 16.7. The fourth-order valence-corrected chi connectivity index (χ4v) is 4.18. The molecule has 7 heteroatoms. The van der Waals surface area contributed by atoms with E-state index < -0.39 is 0 Å². The lowest BCUT2D eigenvalue weighted by molar-refractivity contribution is 0.0747. The summed E-state index contributed by atoms with van der Waals surface area (Å²) in [5.41, 5.74) is 2.94. The van der Waals surface area contributed by atoms with E-state index in [0.29, 0.717) is 29.2 Å². The summed E-state index contributed by atoms with van der Waals surface area (Å²) >= 11 is 9.55. The summed E-state index contributed by atoms with van der Waals surface area (Å²) in [5.74, 6) is -0.184. The van der Waals surface area contributed by atoms with Gasteiger partial charge < -0.3 is 15.1 Å². The number of piperazine rings is 1. The average molecular weight is 499 g/mol. The molecule has 31 heavy (non-hydrogen) atoms. The Balaban J connectivity index is 1.35. The van der Waals surface area contributed by atoms with Gasteiger partial charge in [0.25, 0.3) is 11.8 Å². The van der Waals surface area contributed by atoms with Gasteiger partial charge in [0.2, 0.25) is 0 Å². The number of hydrogen-bond acceptors (Lipinski definition) is 3. The van der Waals surface area contributed by atoms with Gasteiger partial charge in [-0.15, -0.1) is 0 Å². The number of carbonyl (C=O) groups excluding carboxylic acids is 2. The molecule has 1 heterocycles. The number of nitrogens with zero attached hydrogens (tertiary/aromatic N) is 2. The van der Waals surface area contributed by atoms with Gasteiger partial charge in [-0.05, 0) is 54.6 Å². The molecule has 1 saturated heterocycles. The molecule has 0 atom stereocenters. The molecule has 5 nitrogen and oxygen atoms in total. The Morgan fingerprint density at radius 3 is 2.26 bits per heavy atom. The third-order valence-corrected chi connectivity index (χ3v) is 6.07. The predicted molar refractivity (Wildman–Crippen MR) is 128 cm³/mol. The van der Waals surface area contributed by atoms with E-state index in [0.717, 1.165) is 28.9 Å². The zero-order valence-corrected chi connectivity index (χ0v) is 19.1. The van der Waals surface area contributed by atoms with Crippen molar-refractivity contribution in [3.8, 4) is 0 Å². The van der Waals surface area contributed by atoms with Gasteiger partial charge in [0, 0.05) is 47.6 Å². The standard InChI is InChI=1S/C24H21BrClN3O2/c25-18-5-3-4-17(16-18)23(30)27-19-8-10-20(11-9-19)28-12-14-29(15-13-28)24(31)21-6-1-2-7-22(21)26/h1-11,16H,12-15H2,(H,27,30). The van der Waals surface area contributed by atoms with Gasteiger partial charge in [0.15, 0.2) is 0 Å². The monoisotopic (exact) mass is 497 g/mol. The van der Waals surface area contributed by atoms with Gasteiger partial charge in [-0.3, -0.25) is 9.59 Å². The third-order valence-electron chi connectivity index (χ3n) is 5.25. The summed E-state index contributed by atoms with van der Waals surface area (Å²) < 4.78 is 0.864. The van der Waals surface area contributed by atoms with Crippen LogP contribution in [0.15, 0.2) is 77.3 Å². The Labute approximate surface area is 194 Å². The van der Waals surface area contributed by atoms with E-state index >= 15 is 0 Å².